The van der Waals surface area contributed by atoms with Gasteiger partial charge in [0.25, 0.3) is 0 Å². The Kier molecular flexibility index (Phi) is 5.70. The van der Waals surface area contributed by atoms with Crippen LogP contribution in [0, 0.1) is 11.7 Å². The number of hydrogen-bond donors (Lipinski definition) is 1. The average molecular weight is 294 g/mol. The number of nitrogens with zero attached hydrogens (tertiary/aromatic N) is 1. The lowest BCUT2D eigenvalue weighted by Gasteiger charge is -2.25. The number of nitrogens with two attached hydrogens (primary N) is 1. The van der Waals surface area contributed by atoms with E-state index in [1.54, 1.807) is 19.2 Å². The van der Waals surface area contributed by atoms with E-state index >= 15 is 0 Å². The molecule has 2 N–H and O–H groups in total. The first-order chi connectivity index (χ1) is 10.1. The predicted molar refractivity (Wildman–Crippen MR) is 79.0 cm³/mol. The molecule has 0 bridgehead atoms. The van der Waals surface area contributed by atoms with Gasteiger partial charge in [-0.1, -0.05) is 12.1 Å². The molecule has 1 aliphatic carbocycles. The number of amides is 1. The molecule has 0 aliphatic heterocycles. The Morgan fingerprint density at radius 1 is 1.43 bits per heavy atom. The third-order valence-corrected chi connectivity index (χ3v) is 3.81. The van der Waals surface area contributed by atoms with Crippen molar-refractivity contribution in [1.82, 2.24) is 4.90 Å². The van der Waals surface area contributed by atoms with Gasteiger partial charge in [0.05, 0.1) is 12.5 Å². The van der Waals surface area contributed by atoms with Gasteiger partial charge < -0.3 is 15.4 Å². The van der Waals surface area contributed by atoms with Crippen LogP contribution in [0.2, 0.25) is 0 Å². The smallest absolute Gasteiger partial charge is 0.225 e. The zero-order valence-electron chi connectivity index (χ0n) is 12.4. The van der Waals surface area contributed by atoms with Crippen molar-refractivity contribution in [2.45, 2.75) is 31.9 Å². The van der Waals surface area contributed by atoms with Gasteiger partial charge in [0.2, 0.25) is 5.91 Å². The maximum atomic E-state index is 13.0. The Balaban J connectivity index is 1.99. The molecule has 0 aromatic heterocycles. The van der Waals surface area contributed by atoms with Gasteiger partial charge in [-0.15, -0.1) is 0 Å². The largest absolute Gasteiger partial charge is 0.380 e. The number of rotatable bonds is 8. The predicted octanol–water partition coefficient (Wildman–Crippen LogP) is 1.93. The Bertz CT molecular complexity index is 456. The summed E-state index contributed by atoms with van der Waals surface area (Å²) in [6.45, 7) is 1.60. The number of ether oxygens (including phenoxy) is 1. The summed E-state index contributed by atoms with van der Waals surface area (Å²) in [5.74, 6) is 0.387. The van der Waals surface area contributed by atoms with Gasteiger partial charge in [0.1, 0.15) is 5.82 Å². The van der Waals surface area contributed by atoms with Crippen LogP contribution >= 0.6 is 0 Å². The minimum Gasteiger partial charge on any atom is -0.380 e. The fourth-order valence-electron chi connectivity index (χ4n) is 2.26. The maximum Gasteiger partial charge on any atom is 0.225 e. The van der Waals surface area contributed by atoms with Crippen molar-refractivity contribution >= 4 is 5.91 Å². The molecular formula is C16H23FN2O2. The summed E-state index contributed by atoms with van der Waals surface area (Å²) >= 11 is 0. The van der Waals surface area contributed by atoms with Gasteiger partial charge in [-0.25, -0.2) is 4.39 Å². The molecule has 116 valence electrons. The molecule has 1 amide bonds. The fraction of sp³-hybridized carbons (Fsp3) is 0.562. The number of benzene rings is 1. The van der Waals surface area contributed by atoms with Crippen LogP contribution < -0.4 is 5.73 Å². The number of hydrogen-bond acceptors (Lipinski definition) is 3. The first-order valence-electron chi connectivity index (χ1n) is 7.37. The van der Waals surface area contributed by atoms with Crippen molar-refractivity contribution < 1.29 is 13.9 Å². The summed E-state index contributed by atoms with van der Waals surface area (Å²) in [4.78, 5) is 14.3. The Morgan fingerprint density at radius 3 is 2.62 bits per heavy atom. The molecule has 0 saturated heterocycles. The molecule has 1 aliphatic rings. The van der Waals surface area contributed by atoms with Crippen molar-refractivity contribution in [1.29, 1.82) is 0 Å². The second kappa shape index (κ2) is 7.52. The molecule has 1 aromatic rings. The zero-order valence-corrected chi connectivity index (χ0v) is 12.4. The molecule has 1 aromatic carbocycles. The van der Waals surface area contributed by atoms with Crippen molar-refractivity contribution in [3.63, 3.8) is 0 Å². The molecule has 1 fully saturated rings. The monoisotopic (exact) mass is 294 g/mol. The van der Waals surface area contributed by atoms with Crippen LogP contribution in [-0.4, -0.2) is 37.1 Å². The van der Waals surface area contributed by atoms with E-state index in [-0.39, 0.29) is 17.8 Å². The first-order valence-corrected chi connectivity index (χ1v) is 7.37. The van der Waals surface area contributed by atoms with Crippen LogP contribution in [-0.2, 0) is 16.1 Å². The number of methoxy groups -OCH3 is 1. The van der Waals surface area contributed by atoms with Gasteiger partial charge in [0, 0.05) is 26.7 Å². The summed E-state index contributed by atoms with van der Waals surface area (Å²) in [5.41, 5.74) is 6.51. The number of halogens is 1. The molecule has 0 spiro atoms. The minimum atomic E-state index is -0.263. The SMILES string of the molecule is COC(CN)CC(=O)N(Cc1ccc(F)cc1)CC1CC1. The average Bonchev–Trinajstić information content (AvgIpc) is 3.30. The van der Waals surface area contributed by atoms with Crippen LogP contribution in [0.15, 0.2) is 24.3 Å². The Morgan fingerprint density at radius 2 is 2.10 bits per heavy atom. The number of carbonyl (C=O) groups is 1. The van der Waals surface area contributed by atoms with Crippen LogP contribution in [0.3, 0.4) is 0 Å². The summed E-state index contributed by atoms with van der Waals surface area (Å²) in [7, 11) is 1.57. The quantitative estimate of drug-likeness (QED) is 0.797. The molecule has 1 saturated carbocycles. The second-order valence-electron chi connectivity index (χ2n) is 5.64. The number of carbonyl (C=O) groups excluding carboxylic acids is 1. The second-order valence-corrected chi connectivity index (χ2v) is 5.64. The molecule has 0 heterocycles. The van der Waals surface area contributed by atoms with Crippen LogP contribution in [0.4, 0.5) is 4.39 Å². The summed E-state index contributed by atoms with van der Waals surface area (Å²) in [5, 5.41) is 0. The van der Waals surface area contributed by atoms with E-state index in [1.807, 2.05) is 4.90 Å². The highest BCUT2D eigenvalue weighted by molar-refractivity contribution is 5.76. The van der Waals surface area contributed by atoms with Crippen LogP contribution in [0.25, 0.3) is 0 Å². The van der Waals surface area contributed by atoms with E-state index in [4.69, 9.17) is 10.5 Å². The van der Waals surface area contributed by atoms with Crippen molar-refractivity contribution in [2.75, 3.05) is 20.2 Å². The van der Waals surface area contributed by atoms with E-state index in [0.29, 0.717) is 25.4 Å². The minimum absolute atomic E-state index is 0.0449. The van der Waals surface area contributed by atoms with Crippen molar-refractivity contribution in [3.8, 4) is 0 Å². The van der Waals surface area contributed by atoms with Gasteiger partial charge in [-0.2, -0.15) is 0 Å². The van der Waals surface area contributed by atoms with Gasteiger partial charge in [-0.05, 0) is 36.5 Å². The van der Waals surface area contributed by atoms with Crippen molar-refractivity contribution in [2.24, 2.45) is 11.7 Å². The zero-order chi connectivity index (χ0) is 15.2. The van der Waals surface area contributed by atoms with Crippen LogP contribution in [0.1, 0.15) is 24.8 Å². The lowest BCUT2D eigenvalue weighted by atomic mass is 10.1. The molecule has 4 nitrogen and oxygen atoms in total. The van der Waals surface area contributed by atoms with Gasteiger partial charge in [0.15, 0.2) is 0 Å². The van der Waals surface area contributed by atoms with Gasteiger partial charge >= 0.3 is 0 Å². The highest BCUT2D eigenvalue weighted by Gasteiger charge is 2.27. The Labute approximate surface area is 125 Å². The third-order valence-electron chi connectivity index (χ3n) is 3.81. The van der Waals surface area contributed by atoms with E-state index in [1.165, 1.54) is 25.0 Å². The highest BCUT2D eigenvalue weighted by Crippen LogP contribution is 2.30. The molecule has 2 rings (SSSR count). The Hall–Kier alpha value is -1.46. The van der Waals surface area contributed by atoms with E-state index < -0.39 is 0 Å². The highest BCUT2D eigenvalue weighted by atomic mass is 19.1. The van der Waals surface area contributed by atoms with Crippen molar-refractivity contribution in [3.05, 3.63) is 35.6 Å². The topological polar surface area (TPSA) is 55.6 Å². The molecule has 1 atom stereocenters. The molecular weight excluding hydrogens is 271 g/mol. The first kappa shape index (κ1) is 15.9. The standard InChI is InChI=1S/C16H23FN2O2/c1-21-15(9-18)8-16(20)19(10-12-2-3-12)11-13-4-6-14(17)7-5-13/h4-7,12,15H,2-3,8-11,18H2,1H3. The molecule has 5 heteroatoms. The summed E-state index contributed by atoms with van der Waals surface area (Å²) in [6, 6.07) is 6.29. The fourth-order valence-corrected chi connectivity index (χ4v) is 2.26. The summed E-state index contributed by atoms with van der Waals surface area (Å²) in [6.07, 6.45) is 2.41. The van der Waals surface area contributed by atoms with Crippen LogP contribution in [0.5, 0.6) is 0 Å². The molecule has 0 radical (unpaired) electrons. The normalized spacial score (nSPS) is 15.8. The van der Waals surface area contributed by atoms with E-state index in [9.17, 15) is 9.18 Å². The third kappa shape index (κ3) is 5.10. The van der Waals surface area contributed by atoms with E-state index in [0.717, 1.165) is 12.1 Å². The lowest BCUT2D eigenvalue weighted by Crippen LogP contribution is -2.37. The lowest BCUT2D eigenvalue weighted by molar-refractivity contribution is -0.134. The van der Waals surface area contributed by atoms with Gasteiger partial charge in [-0.3, -0.25) is 4.79 Å². The molecule has 1 unspecified atom stereocenters. The molecule has 21 heavy (non-hydrogen) atoms. The maximum absolute atomic E-state index is 13.0. The summed E-state index contributed by atoms with van der Waals surface area (Å²) < 4.78 is 18.1. The van der Waals surface area contributed by atoms with E-state index in [2.05, 4.69) is 0 Å².